The predicted octanol–water partition coefficient (Wildman–Crippen LogP) is -0.114. The van der Waals surface area contributed by atoms with Crippen molar-refractivity contribution < 1.29 is 23.1 Å². The molecule has 1 aliphatic heterocycles. The average Bonchev–Trinajstić information content (AvgIpc) is 2.62. The number of hydrogen-bond acceptors (Lipinski definition) is 5. The molecular weight excluding hydrogens is 278 g/mol. The minimum absolute atomic E-state index is 0.0503. The molecule has 1 amide bonds. The van der Waals surface area contributed by atoms with Crippen LogP contribution in [0.25, 0.3) is 0 Å². The van der Waals surface area contributed by atoms with Gasteiger partial charge in [-0.05, 0) is 12.8 Å². The Labute approximate surface area is 110 Å². The normalized spacial score (nSPS) is 23.5. The Kier molecular flexibility index (Phi) is 5.46. The average molecular weight is 295 g/mol. The van der Waals surface area contributed by atoms with Gasteiger partial charge in [-0.15, -0.1) is 11.8 Å². The van der Waals surface area contributed by atoms with Crippen LogP contribution in [0, 0.1) is 0 Å². The molecule has 1 heterocycles. The maximum atomic E-state index is 11.5. The van der Waals surface area contributed by atoms with Crippen LogP contribution in [-0.4, -0.2) is 54.0 Å². The highest BCUT2D eigenvalue weighted by Gasteiger charge is 2.28. The van der Waals surface area contributed by atoms with Crippen LogP contribution in [0.2, 0.25) is 0 Å². The van der Waals surface area contributed by atoms with Crippen LogP contribution in [-0.2, 0) is 19.4 Å². The van der Waals surface area contributed by atoms with Crippen LogP contribution in [0.5, 0.6) is 0 Å². The molecule has 0 aromatic rings. The first-order valence-corrected chi connectivity index (χ1v) is 8.55. The van der Waals surface area contributed by atoms with E-state index in [9.17, 15) is 18.0 Å². The van der Waals surface area contributed by atoms with Crippen molar-refractivity contribution in [3.05, 3.63) is 0 Å². The maximum Gasteiger partial charge on any atom is 0.326 e. The van der Waals surface area contributed by atoms with E-state index in [4.69, 9.17) is 5.11 Å². The van der Waals surface area contributed by atoms with Crippen LogP contribution < -0.4 is 5.32 Å². The molecule has 104 valence electrons. The summed E-state index contributed by atoms with van der Waals surface area (Å²) in [5, 5.41) is 11.1. The summed E-state index contributed by atoms with van der Waals surface area (Å²) in [7, 11) is -2.93. The Morgan fingerprint density at radius 2 is 2.17 bits per heavy atom. The summed E-state index contributed by atoms with van der Waals surface area (Å²) in [5.74, 6) is -1.03. The smallest absolute Gasteiger partial charge is 0.326 e. The lowest BCUT2D eigenvalue weighted by Gasteiger charge is -2.13. The van der Waals surface area contributed by atoms with Crippen LogP contribution in [0.1, 0.15) is 19.8 Å². The van der Waals surface area contributed by atoms with E-state index in [1.807, 2.05) is 0 Å². The molecule has 6 nitrogen and oxygen atoms in total. The minimum Gasteiger partial charge on any atom is -0.480 e. The number of carbonyl (C=O) groups is 2. The third-order valence-electron chi connectivity index (χ3n) is 2.68. The molecular formula is C10H17NO5S2. The first kappa shape index (κ1) is 15.3. The van der Waals surface area contributed by atoms with E-state index >= 15 is 0 Å². The van der Waals surface area contributed by atoms with Gasteiger partial charge in [-0.1, -0.05) is 6.92 Å². The number of carboxylic acid groups (broad SMARTS) is 1. The van der Waals surface area contributed by atoms with Gasteiger partial charge in [0.1, 0.15) is 6.04 Å². The van der Waals surface area contributed by atoms with E-state index in [0.717, 1.165) is 0 Å². The van der Waals surface area contributed by atoms with E-state index in [1.54, 1.807) is 6.92 Å². The zero-order valence-electron chi connectivity index (χ0n) is 10.1. The molecule has 0 bridgehead atoms. The molecule has 8 heteroatoms. The second-order valence-corrected chi connectivity index (χ2v) is 7.72. The number of carboxylic acids is 1. The highest BCUT2D eigenvalue weighted by atomic mass is 32.2. The van der Waals surface area contributed by atoms with Crippen molar-refractivity contribution in [1.82, 2.24) is 5.32 Å². The summed E-state index contributed by atoms with van der Waals surface area (Å²) in [6.45, 7) is 1.68. The number of sulfone groups is 1. The van der Waals surface area contributed by atoms with Gasteiger partial charge in [0.05, 0.1) is 17.3 Å². The van der Waals surface area contributed by atoms with E-state index in [0.29, 0.717) is 12.8 Å². The summed E-state index contributed by atoms with van der Waals surface area (Å²) in [4.78, 5) is 22.2. The van der Waals surface area contributed by atoms with Crippen molar-refractivity contribution >= 4 is 33.5 Å². The molecule has 0 saturated carbocycles. The third kappa shape index (κ3) is 4.85. The molecule has 2 atom stereocenters. The molecule has 18 heavy (non-hydrogen) atoms. The highest BCUT2D eigenvalue weighted by molar-refractivity contribution is 8.02. The molecule has 1 rings (SSSR count). The molecule has 2 N–H and O–H groups in total. The van der Waals surface area contributed by atoms with E-state index in [2.05, 4.69) is 5.32 Å². The van der Waals surface area contributed by atoms with Gasteiger partial charge in [-0.2, -0.15) is 0 Å². The zero-order chi connectivity index (χ0) is 13.8. The van der Waals surface area contributed by atoms with Crippen molar-refractivity contribution in [2.75, 3.05) is 17.3 Å². The molecule has 0 spiro atoms. The Bertz CT molecular complexity index is 420. The number of rotatable bonds is 6. The summed E-state index contributed by atoms with van der Waals surface area (Å²) < 4.78 is 22.4. The lowest BCUT2D eigenvalue weighted by Crippen LogP contribution is -2.41. The Balaban J connectivity index is 2.32. The standard InChI is InChI=1S/C10H17NO5S2/c1-2-8(10(13)14)11-9(12)5-17-7-3-4-18(15,16)6-7/h7-8H,2-6H2,1H3,(H,11,12)(H,13,14)/t7?,8-/m1/s1. The van der Waals surface area contributed by atoms with Crippen molar-refractivity contribution in [3.63, 3.8) is 0 Å². The molecule has 1 aliphatic rings. The fourth-order valence-corrected chi connectivity index (χ4v) is 5.11. The number of hydrogen-bond donors (Lipinski definition) is 2. The van der Waals surface area contributed by atoms with Gasteiger partial charge in [0.25, 0.3) is 0 Å². The second kappa shape index (κ2) is 6.42. The van der Waals surface area contributed by atoms with Crippen molar-refractivity contribution in [1.29, 1.82) is 0 Å². The van der Waals surface area contributed by atoms with Crippen molar-refractivity contribution in [3.8, 4) is 0 Å². The maximum absolute atomic E-state index is 11.5. The summed E-state index contributed by atoms with van der Waals surface area (Å²) in [5.41, 5.74) is 0. The zero-order valence-corrected chi connectivity index (χ0v) is 11.7. The van der Waals surface area contributed by atoms with E-state index in [-0.39, 0.29) is 28.4 Å². The fraction of sp³-hybridized carbons (Fsp3) is 0.800. The molecule has 0 aliphatic carbocycles. The predicted molar refractivity (Wildman–Crippen MR) is 69.4 cm³/mol. The van der Waals surface area contributed by atoms with Crippen LogP contribution in [0.4, 0.5) is 0 Å². The Morgan fingerprint density at radius 3 is 2.61 bits per heavy atom. The molecule has 0 aromatic carbocycles. The third-order valence-corrected chi connectivity index (χ3v) is 5.96. The molecule has 1 unspecified atom stereocenters. The molecule has 0 radical (unpaired) electrons. The van der Waals surface area contributed by atoms with Crippen molar-refractivity contribution in [2.45, 2.75) is 31.1 Å². The summed E-state index contributed by atoms with van der Waals surface area (Å²) in [6, 6.07) is -0.870. The van der Waals surface area contributed by atoms with Crippen LogP contribution in [0.15, 0.2) is 0 Å². The lowest BCUT2D eigenvalue weighted by atomic mass is 10.2. The minimum atomic E-state index is -2.93. The second-order valence-electron chi connectivity index (χ2n) is 4.20. The number of thioether (sulfide) groups is 1. The number of carbonyl (C=O) groups excluding carboxylic acids is 1. The molecule has 1 fully saturated rings. The van der Waals surface area contributed by atoms with Gasteiger partial charge in [0.2, 0.25) is 5.91 Å². The van der Waals surface area contributed by atoms with Gasteiger partial charge < -0.3 is 10.4 Å². The highest BCUT2D eigenvalue weighted by Crippen LogP contribution is 2.23. The largest absolute Gasteiger partial charge is 0.480 e. The topological polar surface area (TPSA) is 101 Å². The fourth-order valence-electron chi connectivity index (χ4n) is 1.66. The van der Waals surface area contributed by atoms with Gasteiger partial charge >= 0.3 is 5.97 Å². The first-order chi connectivity index (χ1) is 8.34. The number of nitrogens with one attached hydrogen (secondary N) is 1. The Hall–Kier alpha value is -0.760. The number of amides is 1. The van der Waals surface area contributed by atoms with Crippen LogP contribution in [0.3, 0.4) is 0 Å². The van der Waals surface area contributed by atoms with E-state index in [1.165, 1.54) is 11.8 Å². The van der Waals surface area contributed by atoms with Crippen molar-refractivity contribution in [2.24, 2.45) is 0 Å². The quantitative estimate of drug-likeness (QED) is 0.709. The van der Waals surface area contributed by atoms with Gasteiger partial charge in [0, 0.05) is 5.25 Å². The lowest BCUT2D eigenvalue weighted by molar-refractivity contribution is -0.141. The van der Waals surface area contributed by atoms with E-state index < -0.39 is 21.8 Å². The van der Waals surface area contributed by atoms with Crippen LogP contribution >= 0.6 is 11.8 Å². The van der Waals surface area contributed by atoms with Gasteiger partial charge in [-0.25, -0.2) is 13.2 Å². The summed E-state index contributed by atoms with van der Waals surface area (Å²) >= 11 is 1.27. The SMILES string of the molecule is CC[C@@H](NC(=O)CSC1CCS(=O)(=O)C1)C(=O)O. The molecule has 1 saturated heterocycles. The monoisotopic (exact) mass is 295 g/mol. The first-order valence-electron chi connectivity index (χ1n) is 5.68. The summed E-state index contributed by atoms with van der Waals surface area (Å²) in [6.07, 6.45) is 0.889. The van der Waals surface area contributed by atoms with Gasteiger partial charge in [0.15, 0.2) is 9.84 Å². The Morgan fingerprint density at radius 1 is 1.50 bits per heavy atom. The number of aliphatic carboxylic acids is 1. The molecule has 0 aromatic heterocycles. The van der Waals surface area contributed by atoms with Gasteiger partial charge in [-0.3, -0.25) is 4.79 Å².